The highest BCUT2D eigenvalue weighted by atomic mass is 16.6. The second kappa shape index (κ2) is 14.3. The minimum atomic E-state index is -0.891. The normalized spacial score (nSPS) is 14.9. The Bertz CT molecular complexity index is 1120. The molecule has 2 unspecified atom stereocenters. The second-order valence-electron chi connectivity index (χ2n) is 11.9. The van der Waals surface area contributed by atoms with Crippen LogP contribution < -0.4 is 10.6 Å². The van der Waals surface area contributed by atoms with Crippen LogP contribution in [0.5, 0.6) is 0 Å². The molecule has 2 aromatic rings. The maximum absolute atomic E-state index is 14.6. The van der Waals surface area contributed by atoms with Crippen LogP contribution in [0.25, 0.3) is 0 Å². The molecule has 1 aliphatic rings. The molecule has 0 spiro atoms. The number of rotatable bonds is 12. The number of nitrogens with zero attached hydrogens (tertiary/aromatic N) is 1. The number of ether oxygens (including phenoxy) is 1. The van der Waals surface area contributed by atoms with Gasteiger partial charge < -0.3 is 20.3 Å². The molecule has 0 saturated heterocycles. The highest BCUT2D eigenvalue weighted by molar-refractivity contribution is 5.93. The van der Waals surface area contributed by atoms with Crippen LogP contribution in [0.4, 0.5) is 4.79 Å². The summed E-state index contributed by atoms with van der Waals surface area (Å²) in [5.41, 5.74) is 2.98. The van der Waals surface area contributed by atoms with E-state index in [-0.39, 0.29) is 17.9 Å². The van der Waals surface area contributed by atoms with E-state index in [9.17, 15) is 14.4 Å². The molecule has 7 nitrogen and oxygen atoms in total. The zero-order valence-electron chi connectivity index (χ0n) is 25.1. The molecule has 0 radical (unpaired) electrons. The van der Waals surface area contributed by atoms with Crippen molar-refractivity contribution in [2.45, 2.75) is 110 Å². The highest BCUT2D eigenvalue weighted by Gasteiger charge is 2.42. The Morgan fingerprint density at radius 2 is 1.62 bits per heavy atom. The molecule has 2 N–H and O–H groups in total. The number of hydrogen-bond donors (Lipinski definition) is 2. The number of alkyl carbamates (subject to hydrolysis) is 1. The van der Waals surface area contributed by atoms with Crippen molar-refractivity contribution >= 4 is 17.9 Å². The number of amides is 3. The molecular formula is C33H47N3O4. The third kappa shape index (κ3) is 8.57. The number of benzene rings is 2. The third-order valence-electron chi connectivity index (χ3n) is 7.42. The Morgan fingerprint density at radius 3 is 2.17 bits per heavy atom. The van der Waals surface area contributed by atoms with E-state index in [0.29, 0.717) is 13.0 Å². The zero-order chi connectivity index (χ0) is 29.3. The van der Waals surface area contributed by atoms with Crippen LogP contribution in [0.2, 0.25) is 0 Å². The summed E-state index contributed by atoms with van der Waals surface area (Å²) in [5, 5.41) is 5.98. The van der Waals surface area contributed by atoms with Crippen molar-refractivity contribution in [3.05, 3.63) is 70.8 Å². The number of nitrogens with one attached hydrogen (secondary N) is 2. The van der Waals surface area contributed by atoms with Crippen molar-refractivity contribution in [3.8, 4) is 0 Å². The van der Waals surface area contributed by atoms with E-state index in [1.54, 1.807) is 25.7 Å². The van der Waals surface area contributed by atoms with Gasteiger partial charge in [0.25, 0.3) is 0 Å². The van der Waals surface area contributed by atoms with E-state index in [4.69, 9.17) is 4.74 Å². The Balaban J connectivity index is 2.04. The molecule has 3 rings (SSSR count). The lowest BCUT2D eigenvalue weighted by atomic mass is 9.86. The fourth-order valence-corrected chi connectivity index (χ4v) is 5.20. The predicted molar refractivity (Wildman–Crippen MR) is 159 cm³/mol. The van der Waals surface area contributed by atoms with Gasteiger partial charge in [-0.1, -0.05) is 68.3 Å². The van der Waals surface area contributed by atoms with Crippen molar-refractivity contribution < 1.29 is 19.1 Å². The summed E-state index contributed by atoms with van der Waals surface area (Å²) in [4.78, 5) is 43.3. The van der Waals surface area contributed by atoms with Crippen LogP contribution in [0, 0.1) is 13.8 Å². The van der Waals surface area contributed by atoms with Gasteiger partial charge in [-0.3, -0.25) is 9.59 Å². The number of aryl methyl sites for hydroxylation is 2. The molecule has 1 fully saturated rings. The molecular weight excluding hydrogens is 502 g/mol. The Labute approximate surface area is 240 Å². The first-order chi connectivity index (χ1) is 19.0. The predicted octanol–water partition coefficient (Wildman–Crippen LogP) is 6.17. The molecule has 2 atom stereocenters. The molecule has 2 aromatic carbocycles. The first-order valence-corrected chi connectivity index (χ1v) is 14.7. The summed E-state index contributed by atoms with van der Waals surface area (Å²) in [6.45, 7) is 12.0. The van der Waals surface area contributed by atoms with E-state index < -0.39 is 23.8 Å². The van der Waals surface area contributed by atoms with Gasteiger partial charge in [0.2, 0.25) is 11.8 Å². The summed E-state index contributed by atoms with van der Waals surface area (Å²) in [5.74, 6) is -0.444. The summed E-state index contributed by atoms with van der Waals surface area (Å²) < 4.78 is 5.54. The van der Waals surface area contributed by atoms with E-state index in [1.807, 2.05) is 62.4 Å². The molecule has 1 aliphatic carbocycles. The zero-order valence-corrected chi connectivity index (χ0v) is 25.1. The van der Waals surface area contributed by atoms with Crippen molar-refractivity contribution in [2.24, 2.45) is 0 Å². The summed E-state index contributed by atoms with van der Waals surface area (Å²) >= 11 is 0. The van der Waals surface area contributed by atoms with Gasteiger partial charge in [0.1, 0.15) is 17.7 Å². The quantitative estimate of drug-likeness (QED) is 0.310. The lowest BCUT2D eigenvalue weighted by molar-refractivity contribution is -0.147. The van der Waals surface area contributed by atoms with E-state index >= 15 is 0 Å². The number of unbranched alkanes of at least 4 members (excludes halogenated alkanes) is 2. The molecule has 40 heavy (non-hydrogen) atoms. The number of carbonyl (C=O) groups excluding carboxylic acids is 3. The molecule has 0 bridgehead atoms. The van der Waals surface area contributed by atoms with Crippen molar-refractivity contribution in [2.75, 3.05) is 6.54 Å². The van der Waals surface area contributed by atoms with Crippen LogP contribution in [-0.4, -0.2) is 47.0 Å². The largest absolute Gasteiger partial charge is 0.444 e. The topological polar surface area (TPSA) is 87.7 Å². The van der Waals surface area contributed by atoms with Gasteiger partial charge in [-0.2, -0.15) is 0 Å². The SMILES string of the molecule is CCCCCNC(=O)C(c1c(C)cccc1C)N(C(=O)C(Cc1ccccc1)NC(=O)OC(C)(C)C)C1CCC1. The van der Waals surface area contributed by atoms with E-state index in [0.717, 1.165) is 60.8 Å². The average Bonchev–Trinajstić information content (AvgIpc) is 2.85. The van der Waals surface area contributed by atoms with Gasteiger partial charge >= 0.3 is 6.09 Å². The van der Waals surface area contributed by atoms with Crippen LogP contribution in [0.3, 0.4) is 0 Å². The molecule has 218 valence electrons. The Hall–Kier alpha value is -3.35. The Kier molecular flexibility index (Phi) is 11.2. The minimum absolute atomic E-state index is 0.0865. The van der Waals surface area contributed by atoms with Gasteiger partial charge in [0.15, 0.2) is 0 Å². The van der Waals surface area contributed by atoms with Crippen LogP contribution in [0.15, 0.2) is 48.5 Å². The molecule has 7 heteroatoms. The van der Waals surface area contributed by atoms with Gasteiger partial charge in [-0.15, -0.1) is 0 Å². The highest BCUT2D eigenvalue weighted by Crippen LogP contribution is 2.36. The summed E-state index contributed by atoms with van der Waals surface area (Å²) in [6, 6.07) is 13.8. The van der Waals surface area contributed by atoms with Crippen molar-refractivity contribution in [1.82, 2.24) is 15.5 Å². The van der Waals surface area contributed by atoms with E-state index in [2.05, 4.69) is 17.6 Å². The van der Waals surface area contributed by atoms with Gasteiger partial charge in [0.05, 0.1) is 0 Å². The number of carbonyl (C=O) groups is 3. The Morgan fingerprint density at radius 1 is 0.975 bits per heavy atom. The monoisotopic (exact) mass is 549 g/mol. The molecule has 0 aromatic heterocycles. The van der Waals surface area contributed by atoms with E-state index in [1.165, 1.54) is 0 Å². The third-order valence-corrected chi connectivity index (χ3v) is 7.42. The second-order valence-corrected chi connectivity index (χ2v) is 11.9. The fourth-order valence-electron chi connectivity index (χ4n) is 5.20. The van der Waals surface area contributed by atoms with Crippen molar-refractivity contribution in [1.29, 1.82) is 0 Å². The molecule has 0 heterocycles. The standard InChI is InChI=1S/C33H47N3O4/c1-7-8-12-21-34-30(37)29(28-23(2)15-13-16-24(28)3)36(26-19-14-20-26)31(38)27(22-25-17-10-9-11-18-25)35-32(39)40-33(4,5)6/h9-11,13,15-18,26-27,29H,7-8,12,14,19-22H2,1-6H3,(H,34,37)(H,35,39). The molecule has 1 saturated carbocycles. The van der Waals surface area contributed by atoms with Crippen LogP contribution in [-0.2, 0) is 20.7 Å². The summed E-state index contributed by atoms with van der Waals surface area (Å²) in [6.07, 6.45) is 5.24. The number of hydrogen-bond acceptors (Lipinski definition) is 4. The first-order valence-electron chi connectivity index (χ1n) is 14.7. The average molecular weight is 550 g/mol. The molecule has 3 amide bonds. The molecule has 0 aliphatic heterocycles. The lowest BCUT2D eigenvalue weighted by Gasteiger charge is -2.44. The van der Waals surface area contributed by atoms with Gasteiger partial charge in [0, 0.05) is 19.0 Å². The summed E-state index contributed by atoms with van der Waals surface area (Å²) in [7, 11) is 0. The minimum Gasteiger partial charge on any atom is -0.444 e. The maximum Gasteiger partial charge on any atom is 0.408 e. The smallest absolute Gasteiger partial charge is 0.408 e. The van der Waals surface area contributed by atoms with Crippen LogP contribution >= 0.6 is 0 Å². The van der Waals surface area contributed by atoms with Crippen molar-refractivity contribution in [3.63, 3.8) is 0 Å². The maximum atomic E-state index is 14.6. The van der Waals surface area contributed by atoms with Gasteiger partial charge in [-0.25, -0.2) is 4.79 Å². The fraction of sp³-hybridized carbons (Fsp3) is 0.545. The lowest BCUT2D eigenvalue weighted by Crippen LogP contribution is -2.58. The van der Waals surface area contributed by atoms with Crippen LogP contribution in [0.1, 0.15) is 94.5 Å². The van der Waals surface area contributed by atoms with Gasteiger partial charge in [-0.05, 0) is 82.6 Å². The first kappa shape index (κ1) is 31.2.